The van der Waals surface area contributed by atoms with E-state index in [1.54, 1.807) is 12.1 Å². The van der Waals surface area contributed by atoms with E-state index in [1.165, 1.54) is 50.2 Å². The van der Waals surface area contributed by atoms with Crippen LogP contribution in [-0.4, -0.2) is 33.5 Å². The fraction of sp³-hybridized carbons (Fsp3) is 0.348. The van der Waals surface area contributed by atoms with E-state index >= 15 is 0 Å². The zero-order valence-electron chi connectivity index (χ0n) is 17.4. The molecule has 0 bridgehead atoms. The topological polar surface area (TPSA) is 133 Å². The van der Waals surface area contributed by atoms with E-state index in [2.05, 4.69) is 0 Å². The number of nitro benzene ring substituents is 1. The summed E-state index contributed by atoms with van der Waals surface area (Å²) in [6, 6.07) is 11.3. The SMILES string of the molecule is CC1(C)OC(=O)C2(C(=O)O1)[C@@H](c1ccc([N+](=O)[O-])cc1)CC(=O)C[C@H]2c1ccc(O)cc1. The lowest BCUT2D eigenvalue weighted by Crippen LogP contribution is -2.61. The molecule has 9 nitrogen and oxygen atoms in total. The Bertz CT molecular complexity index is 1080. The summed E-state index contributed by atoms with van der Waals surface area (Å²) in [4.78, 5) is 50.3. The van der Waals surface area contributed by atoms with Crippen LogP contribution in [0, 0.1) is 15.5 Å². The van der Waals surface area contributed by atoms with Crippen LogP contribution in [0.4, 0.5) is 5.69 Å². The van der Waals surface area contributed by atoms with Crippen LogP contribution in [0.15, 0.2) is 48.5 Å². The number of ketones is 1. The molecule has 1 spiro atoms. The van der Waals surface area contributed by atoms with Crippen LogP contribution in [0.25, 0.3) is 0 Å². The molecule has 0 amide bonds. The molecule has 2 aliphatic rings. The van der Waals surface area contributed by atoms with E-state index in [-0.39, 0.29) is 30.1 Å². The number of non-ortho nitro benzene ring substituents is 1. The Morgan fingerprint density at radius 2 is 1.31 bits per heavy atom. The van der Waals surface area contributed by atoms with E-state index in [0.717, 1.165) is 0 Å². The maximum atomic E-state index is 13.5. The van der Waals surface area contributed by atoms with Crippen molar-refractivity contribution in [1.82, 2.24) is 0 Å². The second kappa shape index (κ2) is 7.44. The van der Waals surface area contributed by atoms with Gasteiger partial charge in [-0.25, -0.2) is 0 Å². The number of ether oxygens (including phenoxy) is 2. The second-order valence-corrected chi connectivity index (χ2v) is 8.54. The van der Waals surface area contributed by atoms with E-state index in [9.17, 15) is 29.6 Å². The van der Waals surface area contributed by atoms with Crippen molar-refractivity contribution in [1.29, 1.82) is 0 Å². The minimum Gasteiger partial charge on any atom is -0.508 e. The highest BCUT2D eigenvalue weighted by atomic mass is 16.7. The molecular weight excluding hydrogens is 418 g/mol. The van der Waals surface area contributed by atoms with Gasteiger partial charge in [0.15, 0.2) is 5.41 Å². The fourth-order valence-corrected chi connectivity index (χ4v) is 4.69. The third-order valence-corrected chi connectivity index (χ3v) is 6.12. The third-order valence-electron chi connectivity index (χ3n) is 6.12. The van der Waals surface area contributed by atoms with Crippen molar-refractivity contribution in [2.75, 3.05) is 0 Å². The molecule has 1 saturated heterocycles. The van der Waals surface area contributed by atoms with Gasteiger partial charge < -0.3 is 14.6 Å². The summed E-state index contributed by atoms with van der Waals surface area (Å²) in [5.41, 5.74) is -1.11. The molecule has 0 radical (unpaired) electrons. The van der Waals surface area contributed by atoms with Crippen molar-refractivity contribution in [2.45, 2.75) is 44.3 Å². The monoisotopic (exact) mass is 439 g/mol. The first kappa shape index (κ1) is 21.5. The average Bonchev–Trinajstić information content (AvgIpc) is 2.72. The summed E-state index contributed by atoms with van der Waals surface area (Å²) in [6.45, 7) is 2.89. The van der Waals surface area contributed by atoms with Crippen LogP contribution in [0.1, 0.15) is 49.7 Å². The van der Waals surface area contributed by atoms with Crippen LogP contribution in [0.5, 0.6) is 5.75 Å². The van der Waals surface area contributed by atoms with Gasteiger partial charge in [0.2, 0.25) is 0 Å². The van der Waals surface area contributed by atoms with Gasteiger partial charge in [-0.2, -0.15) is 0 Å². The Labute approximate surface area is 183 Å². The number of carbonyl (C=O) groups is 3. The van der Waals surface area contributed by atoms with E-state index in [4.69, 9.17) is 9.47 Å². The Morgan fingerprint density at radius 1 is 0.875 bits per heavy atom. The number of hydrogen-bond donors (Lipinski definition) is 1. The standard InChI is InChI=1S/C23H21NO8/c1-22(2)31-20(27)23(21(28)32-22)18(13-3-7-15(8-4-13)24(29)30)11-17(26)12-19(23)14-5-9-16(25)10-6-14/h3-10,18-19,25H,11-12H2,1-2H3/t18-,19+/m1/s1. The number of aromatic hydroxyl groups is 1. The van der Waals surface area contributed by atoms with Gasteiger partial charge in [-0.15, -0.1) is 0 Å². The number of hydrogen-bond acceptors (Lipinski definition) is 8. The summed E-state index contributed by atoms with van der Waals surface area (Å²) < 4.78 is 11.0. The molecule has 1 heterocycles. The Morgan fingerprint density at radius 3 is 1.75 bits per heavy atom. The van der Waals surface area contributed by atoms with Gasteiger partial charge in [0.05, 0.1) is 4.92 Å². The van der Waals surface area contributed by atoms with Crippen molar-refractivity contribution in [3.05, 3.63) is 69.8 Å². The van der Waals surface area contributed by atoms with E-state index < -0.39 is 39.9 Å². The Balaban J connectivity index is 1.91. The van der Waals surface area contributed by atoms with Crippen LogP contribution < -0.4 is 0 Å². The van der Waals surface area contributed by atoms with Crippen molar-refractivity contribution in [3.63, 3.8) is 0 Å². The summed E-state index contributed by atoms with van der Waals surface area (Å²) in [5, 5.41) is 20.7. The number of cyclic esters (lactones) is 2. The fourth-order valence-electron chi connectivity index (χ4n) is 4.69. The molecule has 1 aliphatic heterocycles. The molecule has 1 N–H and O–H groups in total. The molecular formula is C23H21NO8. The lowest BCUT2D eigenvalue weighted by atomic mass is 9.55. The minimum absolute atomic E-state index is 0.00761. The first-order chi connectivity index (χ1) is 15.0. The molecule has 166 valence electrons. The largest absolute Gasteiger partial charge is 0.508 e. The van der Waals surface area contributed by atoms with Gasteiger partial charge in [-0.3, -0.25) is 24.5 Å². The van der Waals surface area contributed by atoms with Crippen LogP contribution >= 0.6 is 0 Å². The minimum atomic E-state index is -1.86. The zero-order valence-corrected chi connectivity index (χ0v) is 17.4. The molecule has 32 heavy (non-hydrogen) atoms. The summed E-state index contributed by atoms with van der Waals surface area (Å²) >= 11 is 0. The number of esters is 2. The number of phenols is 1. The highest BCUT2D eigenvalue weighted by Gasteiger charge is 2.67. The highest BCUT2D eigenvalue weighted by Crippen LogP contribution is 2.58. The molecule has 9 heteroatoms. The number of nitro groups is 1. The molecule has 2 fully saturated rings. The number of nitrogens with zero attached hydrogens (tertiary/aromatic N) is 1. The molecule has 1 saturated carbocycles. The zero-order chi connectivity index (χ0) is 23.3. The van der Waals surface area contributed by atoms with Crippen molar-refractivity contribution in [3.8, 4) is 5.75 Å². The van der Waals surface area contributed by atoms with Gasteiger partial charge in [0.25, 0.3) is 11.5 Å². The normalized spacial score (nSPS) is 24.0. The Hall–Kier alpha value is -3.75. The lowest BCUT2D eigenvalue weighted by molar-refractivity contribution is -0.384. The third kappa shape index (κ3) is 3.39. The summed E-state index contributed by atoms with van der Waals surface area (Å²) in [7, 11) is 0. The summed E-state index contributed by atoms with van der Waals surface area (Å²) in [5.74, 6) is -5.13. The average molecular weight is 439 g/mol. The molecule has 0 aromatic heterocycles. The molecule has 2 aromatic rings. The van der Waals surface area contributed by atoms with Gasteiger partial charge in [0, 0.05) is 50.7 Å². The number of carbonyl (C=O) groups excluding carboxylic acids is 3. The number of benzene rings is 2. The smallest absolute Gasteiger partial charge is 0.328 e. The van der Waals surface area contributed by atoms with Gasteiger partial charge in [-0.1, -0.05) is 24.3 Å². The Kier molecular flexibility index (Phi) is 4.99. The van der Waals surface area contributed by atoms with Gasteiger partial charge in [0.1, 0.15) is 11.5 Å². The predicted molar refractivity (Wildman–Crippen MR) is 110 cm³/mol. The van der Waals surface area contributed by atoms with Crippen LogP contribution in [0.3, 0.4) is 0 Å². The number of phenolic OH excluding ortho intramolecular Hbond substituents is 1. The molecule has 1 aliphatic carbocycles. The molecule has 4 rings (SSSR count). The van der Waals surface area contributed by atoms with Crippen molar-refractivity contribution >= 4 is 23.4 Å². The second-order valence-electron chi connectivity index (χ2n) is 8.54. The maximum Gasteiger partial charge on any atom is 0.328 e. The van der Waals surface area contributed by atoms with Crippen LogP contribution in [-0.2, 0) is 23.9 Å². The van der Waals surface area contributed by atoms with Crippen LogP contribution in [0.2, 0.25) is 0 Å². The van der Waals surface area contributed by atoms with Crippen molar-refractivity contribution in [2.24, 2.45) is 5.41 Å². The number of Topliss-reactive ketones (excluding diaryl/α,β-unsaturated/α-hetero) is 1. The quantitative estimate of drug-likeness (QED) is 0.333. The van der Waals surface area contributed by atoms with E-state index in [1.807, 2.05) is 0 Å². The maximum absolute atomic E-state index is 13.5. The predicted octanol–water partition coefficient (Wildman–Crippen LogP) is 3.35. The first-order valence-electron chi connectivity index (χ1n) is 10.1. The van der Waals surface area contributed by atoms with E-state index in [0.29, 0.717) is 11.1 Å². The molecule has 2 aromatic carbocycles. The van der Waals surface area contributed by atoms with Gasteiger partial charge in [-0.05, 0) is 23.3 Å². The highest BCUT2D eigenvalue weighted by molar-refractivity contribution is 6.06. The first-order valence-corrected chi connectivity index (χ1v) is 10.1. The number of rotatable bonds is 3. The summed E-state index contributed by atoms with van der Waals surface area (Å²) in [6.07, 6.45) is -0.226. The van der Waals surface area contributed by atoms with Gasteiger partial charge >= 0.3 is 11.9 Å². The lowest BCUT2D eigenvalue weighted by Gasteiger charge is -2.49. The van der Waals surface area contributed by atoms with Crippen molar-refractivity contribution < 1.29 is 33.9 Å². The molecule has 0 unspecified atom stereocenters. The molecule has 2 atom stereocenters.